The number of amides is 1. The molecule has 1 heterocycles. The molecule has 0 fully saturated rings. The van der Waals surface area contributed by atoms with Crippen LogP contribution in [0, 0.1) is 0 Å². The van der Waals surface area contributed by atoms with E-state index < -0.39 is 0 Å². The van der Waals surface area contributed by atoms with Gasteiger partial charge >= 0.3 is 0 Å². The lowest BCUT2D eigenvalue weighted by Crippen LogP contribution is -2.27. The van der Waals surface area contributed by atoms with E-state index in [4.69, 9.17) is 23.2 Å². The lowest BCUT2D eigenvalue weighted by molar-refractivity contribution is -0.127. The molecule has 6 heteroatoms. The van der Waals surface area contributed by atoms with Gasteiger partial charge in [-0.05, 0) is 29.8 Å². The van der Waals surface area contributed by atoms with Crippen LogP contribution >= 0.6 is 46.3 Å². The Morgan fingerprint density at radius 2 is 1.90 bits per heavy atom. The number of halogens is 2. The van der Waals surface area contributed by atoms with E-state index in [1.807, 2.05) is 43.4 Å². The van der Waals surface area contributed by atoms with Gasteiger partial charge in [0.05, 0.1) is 16.6 Å². The van der Waals surface area contributed by atoms with Crippen LogP contribution in [0.5, 0.6) is 0 Å². The quantitative estimate of drug-likeness (QED) is 0.727. The molecule has 0 saturated carbocycles. The normalized spacial score (nSPS) is 10.6. The molecule has 0 aliphatic heterocycles. The SMILES string of the molecule is CN(Cc1ccc(Cl)s1)C(=O)CSCc1ccc(Cl)cc1. The summed E-state index contributed by atoms with van der Waals surface area (Å²) in [5, 5.41) is 0.731. The molecule has 1 aromatic carbocycles. The van der Waals surface area contributed by atoms with Crippen molar-refractivity contribution in [3.05, 3.63) is 56.2 Å². The second kappa shape index (κ2) is 8.08. The third-order valence-electron chi connectivity index (χ3n) is 2.86. The highest BCUT2D eigenvalue weighted by molar-refractivity contribution is 7.99. The van der Waals surface area contributed by atoms with Crippen LogP contribution in [-0.4, -0.2) is 23.6 Å². The monoisotopic (exact) mass is 359 g/mol. The number of thiophene rings is 1. The van der Waals surface area contributed by atoms with Gasteiger partial charge in [0.25, 0.3) is 0 Å². The zero-order chi connectivity index (χ0) is 15.2. The molecule has 0 N–H and O–H groups in total. The molecule has 21 heavy (non-hydrogen) atoms. The van der Waals surface area contributed by atoms with E-state index in [9.17, 15) is 4.79 Å². The number of nitrogens with zero attached hydrogens (tertiary/aromatic N) is 1. The molecule has 0 aliphatic rings. The standard InChI is InChI=1S/C15H15Cl2NOS2/c1-18(8-13-6-7-14(17)21-13)15(19)10-20-9-11-2-4-12(16)5-3-11/h2-7H,8-10H2,1H3. The smallest absolute Gasteiger partial charge is 0.232 e. The summed E-state index contributed by atoms with van der Waals surface area (Å²) in [5.41, 5.74) is 1.17. The van der Waals surface area contributed by atoms with Gasteiger partial charge in [-0.2, -0.15) is 0 Å². The van der Waals surface area contributed by atoms with Gasteiger partial charge in [0.1, 0.15) is 0 Å². The van der Waals surface area contributed by atoms with Crippen LogP contribution in [-0.2, 0) is 17.1 Å². The fraction of sp³-hybridized carbons (Fsp3) is 0.267. The summed E-state index contributed by atoms with van der Waals surface area (Å²) >= 11 is 14.8. The Kier molecular flexibility index (Phi) is 6.42. The number of hydrogen-bond donors (Lipinski definition) is 0. The molecule has 1 aromatic heterocycles. The first-order valence-electron chi connectivity index (χ1n) is 6.35. The summed E-state index contributed by atoms with van der Waals surface area (Å²) < 4.78 is 0.753. The van der Waals surface area contributed by atoms with Crippen LogP contribution in [0.3, 0.4) is 0 Å². The average Bonchev–Trinajstić information content (AvgIpc) is 2.86. The largest absolute Gasteiger partial charge is 0.340 e. The third kappa shape index (κ3) is 5.55. The van der Waals surface area contributed by atoms with Crippen molar-refractivity contribution in [1.29, 1.82) is 0 Å². The summed E-state index contributed by atoms with van der Waals surface area (Å²) in [4.78, 5) is 14.9. The Morgan fingerprint density at radius 3 is 2.52 bits per heavy atom. The minimum absolute atomic E-state index is 0.124. The molecule has 2 rings (SSSR count). The molecular formula is C15H15Cl2NOS2. The van der Waals surface area contributed by atoms with Crippen LogP contribution in [0.15, 0.2) is 36.4 Å². The number of thioether (sulfide) groups is 1. The second-order valence-corrected chi connectivity index (χ2v) is 7.80. The maximum Gasteiger partial charge on any atom is 0.232 e. The molecule has 112 valence electrons. The Labute approximate surface area is 143 Å². The first-order chi connectivity index (χ1) is 10.0. The third-order valence-corrected chi connectivity index (χ3v) is 5.31. The molecule has 0 bridgehead atoms. The van der Waals surface area contributed by atoms with Gasteiger partial charge in [-0.3, -0.25) is 4.79 Å². The lowest BCUT2D eigenvalue weighted by Gasteiger charge is -2.15. The van der Waals surface area contributed by atoms with Gasteiger partial charge in [-0.1, -0.05) is 35.3 Å². The summed E-state index contributed by atoms with van der Waals surface area (Å²) in [6.07, 6.45) is 0. The minimum atomic E-state index is 0.124. The van der Waals surface area contributed by atoms with E-state index >= 15 is 0 Å². The number of carbonyl (C=O) groups excluding carboxylic acids is 1. The number of rotatable bonds is 6. The van der Waals surface area contributed by atoms with Crippen molar-refractivity contribution < 1.29 is 4.79 Å². The van der Waals surface area contributed by atoms with Crippen molar-refractivity contribution in [3.8, 4) is 0 Å². The fourth-order valence-corrected chi connectivity index (χ4v) is 3.90. The van der Waals surface area contributed by atoms with E-state index in [2.05, 4.69) is 0 Å². The van der Waals surface area contributed by atoms with Crippen LogP contribution in [0.2, 0.25) is 9.36 Å². The number of hydrogen-bond acceptors (Lipinski definition) is 3. The molecule has 0 aliphatic carbocycles. The highest BCUT2D eigenvalue weighted by Crippen LogP contribution is 2.22. The Balaban J connectivity index is 1.74. The van der Waals surface area contributed by atoms with E-state index in [1.54, 1.807) is 16.7 Å². The molecule has 0 saturated heterocycles. The van der Waals surface area contributed by atoms with E-state index in [0.29, 0.717) is 12.3 Å². The van der Waals surface area contributed by atoms with Crippen molar-refractivity contribution in [2.45, 2.75) is 12.3 Å². The first-order valence-corrected chi connectivity index (χ1v) is 9.07. The van der Waals surface area contributed by atoms with Gasteiger partial charge < -0.3 is 4.90 Å². The molecule has 2 nitrogen and oxygen atoms in total. The maximum atomic E-state index is 12.1. The predicted molar refractivity (Wildman–Crippen MR) is 93.4 cm³/mol. The molecular weight excluding hydrogens is 345 g/mol. The van der Waals surface area contributed by atoms with Crippen molar-refractivity contribution in [1.82, 2.24) is 4.90 Å². The molecule has 0 unspecified atom stereocenters. The minimum Gasteiger partial charge on any atom is -0.340 e. The summed E-state index contributed by atoms with van der Waals surface area (Å²) in [6, 6.07) is 11.5. The molecule has 0 spiro atoms. The molecule has 1 amide bonds. The first kappa shape index (κ1) is 16.7. The van der Waals surface area contributed by atoms with E-state index in [1.165, 1.54) is 16.9 Å². The lowest BCUT2D eigenvalue weighted by atomic mass is 10.2. The highest BCUT2D eigenvalue weighted by atomic mass is 35.5. The Morgan fingerprint density at radius 1 is 1.19 bits per heavy atom. The van der Waals surface area contributed by atoms with Gasteiger partial charge in [0, 0.05) is 22.7 Å². The van der Waals surface area contributed by atoms with Crippen molar-refractivity contribution in [2.24, 2.45) is 0 Å². The molecule has 0 atom stereocenters. The van der Waals surface area contributed by atoms with Gasteiger partial charge in [0.2, 0.25) is 5.91 Å². The maximum absolute atomic E-state index is 12.1. The van der Waals surface area contributed by atoms with Crippen molar-refractivity contribution in [2.75, 3.05) is 12.8 Å². The molecule has 0 radical (unpaired) electrons. The fourth-order valence-electron chi connectivity index (χ4n) is 1.71. The molecule has 2 aromatic rings. The Bertz CT molecular complexity index is 598. The van der Waals surface area contributed by atoms with Crippen LogP contribution < -0.4 is 0 Å². The second-order valence-electron chi connectivity index (χ2n) is 4.57. The van der Waals surface area contributed by atoms with Crippen molar-refractivity contribution in [3.63, 3.8) is 0 Å². The van der Waals surface area contributed by atoms with E-state index in [-0.39, 0.29) is 5.91 Å². The highest BCUT2D eigenvalue weighted by Gasteiger charge is 2.10. The summed E-state index contributed by atoms with van der Waals surface area (Å²) in [7, 11) is 1.82. The van der Waals surface area contributed by atoms with Gasteiger partial charge in [0.15, 0.2) is 0 Å². The van der Waals surface area contributed by atoms with Crippen LogP contribution in [0.1, 0.15) is 10.4 Å². The predicted octanol–water partition coefficient (Wildman–Crippen LogP) is 4.95. The summed E-state index contributed by atoms with van der Waals surface area (Å²) in [6.45, 7) is 0.609. The summed E-state index contributed by atoms with van der Waals surface area (Å²) in [5.74, 6) is 1.40. The Hall–Kier alpha value is -0.680. The van der Waals surface area contributed by atoms with Crippen molar-refractivity contribution >= 4 is 52.2 Å². The van der Waals surface area contributed by atoms with Crippen LogP contribution in [0.25, 0.3) is 0 Å². The zero-order valence-electron chi connectivity index (χ0n) is 11.5. The van der Waals surface area contributed by atoms with Gasteiger partial charge in [-0.15, -0.1) is 23.1 Å². The average molecular weight is 360 g/mol. The van der Waals surface area contributed by atoms with E-state index in [0.717, 1.165) is 20.0 Å². The zero-order valence-corrected chi connectivity index (χ0v) is 14.7. The number of benzene rings is 1. The topological polar surface area (TPSA) is 20.3 Å². The van der Waals surface area contributed by atoms with Gasteiger partial charge in [-0.25, -0.2) is 0 Å². The number of carbonyl (C=O) groups is 1. The van der Waals surface area contributed by atoms with Crippen LogP contribution in [0.4, 0.5) is 0 Å².